The summed E-state index contributed by atoms with van der Waals surface area (Å²) in [5, 5.41) is 9.57. The van der Waals surface area contributed by atoms with Crippen LogP contribution < -0.4 is 4.74 Å². The van der Waals surface area contributed by atoms with Gasteiger partial charge < -0.3 is 9.84 Å². The number of aromatic hydroxyl groups is 1. The van der Waals surface area contributed by atoms with Crippen molar-refractivity contribution in [3.8, 4) is 11.5 Å². The number of fused-ring (bicyclic) bond motifs is 1. The molecule has 1 aromatic carbocycles. The highest BCUT2D eigenvalue weighted by molar-refractivity contribution is 5.41. The predicted molar refractivity (Wildman–Crippen MR) is 112 cm³/mol. The summed E-state index contributed by atoms with van der Waals surface area (Å²) < 4.78 is 81.0. The van der Waals surface area contributed by atoms with E-state index >= 15 is 0 Å². The fourth-order valence-corrected chi connectivity index (χ4v) is 4.35. The van der Waals surface area contributed by atoms with Crippen molar-refractivity contribution in [1.82, 2.24) is 0 Å². The van der Waals surface area contributed by atoms with Crippen LogP contribution in [0.2, 0.25) is 0 Å². The first-order valence-corrected chi connectivity index (χ1v) is 11.6. The van der Waals surface area contributed by atoms with Gasteiger partial charge in [-0.05, 0) is 62.8 Å². The standard InChI is InChI=1S/C24H34F6O2/c1-22(16-14-18-17-19(31)12-13-20(18)32-22)15-10-8-6-4-2-3-5-7-9-11-21(23(25,26)27)24(28,29)30/h12-13,17,21,31H,2-11,14-16H2,1H3/t22-/m0/s1. The molecule has 0 bridgehead atoms. The summed E-state index contributed by atoms with van der Waals surface area (Å²) in [5.74, 6) is -2.11. The molecule has 1 atom stereocenters. The maximum atomic E-state index is 12.5. The molecule has 0 unspecified atom stereocenters. The number of phenols is 1. The van der Waals surface area contributed by atoms with Crippen molar-refractivity contribution >= 4 is 0 Å². The molecule has 1 N–H and O–H groups in total. The van der Waals surface area contributed by atoms with Gasteiger partial charge >= 0.3 is 12.4 Å². The van der Waals surface area contributed by atoms with E-state index in [1.807, 2.05) is 6.07 Å². The Morgan fingerprint density at radius 1 is 0.875 bits per heavy atom. The molecule has 1 aliphatic heterocycles. The molecule has 0 spiro atoms. The fraction of sp³-hybridized carbons (Fsp3) is 0.750. The summed E-state index contributed by atoms with van der Waals surface area (Å²) in [6.07, 6.45) is -1.56. The molecule has 32 heavy (non-hydrogen) atoms. The third kappa shape index (κ3) is 8.74. The number of unbranched alkanes of at least 4 members (excludes halogenated alkanes) is 8. The minimum absolute atomic E-state index is 0.0506. The van der Waals surface area contributed by atoms with Crippen LogP contribution in [0.4, 0.5) is 26.3 Å². The first-order valence-electron chi connectivity index (χ1n) is 11.6. The van der Waals surface area contributed by atoms with Crippen molar-refractivity contribution in [2.75, 3.05) is 0 Å². The van der Waals surface area contributed by atoms with Crippen LogP contribution in [0.1, 0.15) is 89.5 Å². The zero-order valence-electron chi connectivity index (χ0n) is 18.6. The Labute approximate surface area is 186 Å². The zero-order chi connectivity index (χ0) is 23.8. The number of benzene rings is 1. The lowest BCUT2D eigenvalue weighted by Crippen LogP contribution is -2.36. The van der Waals surface area contributed by atoms with Crippen LogP contribution in [-0.4, -0.2) is 23.1 Å². The zero-order valence-corrected chi connectivity index (χ0v) is 18.6. The van der Waals surface area contributed by atoms with E-state index < -0.39 is 24.7 Å². The highest BCUT2D eigenvalue weighted by atomic mass is 19.4. The summed E-state index contributed by atoms with van der Waals surface area (Å²) in [5.41, 5.74) is 0.837. The van der Waals surface area contributed by atoms with Crippen LogP contribution in [-0.2, 0) is 6.42 Å². The van der Waals surface area contributed by atoms with Gasteiger partial charge in [0.2, 0.25) is 0 Å². The fourth-order valence-electron chi connectivity index (χ4n) is 4.35. The molecular formula is C24H34F6O2. The SMILES string of the molecule is C[C@]1(CCCCCCCCCCCC(C(F)(F)F)C(F)(F)F)CCc2cc(O)ccc2O1. The lowest BCUT2D eigenvalue weighted by molar-refractivity contribution is -0.285. The van der Waals surface area contributed by atoms with Crippen molar-refractivity contribution in [1.29, 1.82) is 0 Å². The van der Waals surface area contributed by atoms with Gasteiger partial charge in [-0.25, -0.2) is 0 Å². The highest BCUT2D eigenvalue weighted by Gasteiger charge is 2.55. The molecule has 1 heterocycles. The van der Waals surface area contributed by atoms with Gasteiger partial charge in [0.1, 0.15) is 17.1 Å². The van der Waals surface area contributed by atoms with Crippen LogP contribution in [0.15, 0.2) is 18.2 Å². The van der Waals surface area contributed by atoms with Gasteiger partial charge in [-0.1, -0.05) is 51.4 Å². The maximum absolute atomic E-state index is 12.5. The molecule has 2 nitrogen and oxygen atoms in total. The van der Waals surface area contributed by atoms with E-state index in [-0.39, 0.29) is 17.8 Å². The van der Waals surface area contributed by atoms with Gasteiger partial charge in [0.05, 0.1) is 0 Å². The molecule has 0 radical (unpaired) electrons. The van der Waals surface area contributed by atoms with E-state index in [1.165, 1.54) is 0 Å². The quantitative estimate of drug-likeness (QED) is 0.246. The van der Waals surface area contributed by atoms with Crippen molar-refractivity contribution in [3.63, 3.8) is 0 Å². The third-order valence-electron chi connectivity index (χ3n) is 6.31. The molecule has 0 aliphatic carbocycles. The monoisotopic (exact) mass is 468 g/mol. The molecule has 0 saturated heterocycles. The number of hydrogen-bond donors (Lipinski definition) is 1. The number of alkyl halides is 6. The number of halogens is 6. The number of hydrogen-bond acceptors (Lipinski definition) is 2. The van der Waals surface area contributed by atoms with E-state index in [9.17, 15) is 31.4 Å². The van der Waals surface area contributed by atoms with Crippen molar-refractivity contribution < 1.29 is 36.2 Å². The number of phenolic OH excluding ortho intramolecular Hbond substituents is 1. The van der Waals surface area contributed by atoms with Gasteiger partial charge in [-0.15, -0.1) is 0 Å². The summed E-state index contributed by atoms with van der Waals surface area (Å²) in [6.45, 7) is 2.12. The normalized spacial score (nSPS) is 19.1. The summed E-state index contributed by atoms with van der Waals surface area (Å²) in [7, 11) is 0. The van der Waals surface area contributed by atoms with E-state index in [4.69, 9.17) is 4.74 Å². The second-order valence-electron chi connectivity index (χ2n) is 9.20. The first-order chi connectivity index (χ1) is 14.9. The molecule has 0 aromatic heterocycles. The molecule has 0 amide bonds. The van der Waals surface area contributed by atoms with Gasteiger partial charge in [0, 0.05) is 0 Å². The Kier molecular flexibility index (Phi) is 9.58. The molecule has 8 heteroatoms. The van der Waals surface area contributed by atoms with Crippen LogP contribution in [0.25, 0.3) is 0 Å². The second-order valence-corrected chi connectivity index (χ2v) is 9.20. The van der Waals surface area contributed by atoms with Gasteiger partial charge in [0.15, 0.2) is 5.92 Å². The smallest absolute Gasteiger partial charge is 0.400 e. The van der Waals surface area contributed by atoms with Crippen molar-refractivity contribution in [2.24, 2.45) is 5.92 Å². The van der Waals surface area contributed by atoms with Crippen molar-refractivity contribution in [3.05, 3.63) is 23.8 Å². The van der Waals surface area contributed by atoms with E-state index in [1.54, 1.807) is 12.1 Å². The third-order valence-corrected chi connectivity index (χ3v) is 6.31. The Morgan fingerprint density at radius 2 is 1.41 bits per heavy atom. The molecule has 0 saturated carbocycles. The second kappa shape index (κ2) is 11.5. The molecule has 1 aliphatic rings. The largest absolute Gasteiger partial charge is 0.508 e. The Morgan fingerprint density at radius 3 is 1.97 bits per heavy atom. The lowest BCUT2D eigenvalue weighted by Gasteiger charge is -2.36. The molecule has 1 aromatic rings. The van der Waals surface area contributed by atoms with Crippen molar-refractivity contribution in [2.45, 2.75) is 108 Å². The summed E-state index contributed by atoms with van der Waals surface area (Å²) >= 11 is 0. The first kappa shape index (κ1) is 26.7. The number of aryl methyl sites for hydroxylation is 1. The van der Waals surface area contributed by atoms with Gasteiger partial charge in [0.25, 0.3) is 0 Å². The van der Waals surface area contributed by atoms with Crippen LogP contribution in [0, 0.1) is 5.92 Å². The van der Waals surface area contributed by atoms with Gasteiger partial charge in [-0.3, -0.25) is 0 Å². The average molecular weight is 469 g/mol. The topological polar surface area (TPSA) is 29.5 Å². The summed E-state index contributed by atoms with van der Waals surface area (Å²) in [4.78, 5) is 0. The van der Waals surface area contributed by atoms with E-state index in [0.717, 1.165) is 69.1 Å². The molecular weight excluding hydrogens is 434 g/mol. The van der Waals surface area contributed by atoms with Gasteiger partial charge in [-0.2, -0.15) is 26.3 Å². The minimum Gasteiger partial charge on any atom is -0.508 e. The Balaban J connectivity index is 1.50. The van der Waals surface area contributed by atoms with E-state index in [2.05, 4.69) is 6.92 Å². The molecule has 2 rings (SSSR count). The van der Waals surface area contributed by atoms with Crippen LogP contribution in [0.3, 0.4) is 0 Å². The number of ether oxygens (including phenoxy) is 1. The molecule has 184 valence electrons. The minimum atomic E-state index is -5.22. The average Bonchev–Trinajstić information content (AvgIpc) is 2.67. The van der Waals surface area contributed by atoms with Crippen LogP contribution in [0.5, 0.6) is 11.5 Å². The Hall–Kier alpha value is -1.60. The number of rotatable bonds is 12. The van der Waals surface area contributed by atoms with E-state index in [0.29, 0.717) is 12.8 Å². The predicted octanol–water partition coefficient (Wildman–Crippen LogP) is 8.51. The maximum Gasteiger partial charge on any atom is 0.400 e. The molecule has 0 fully saturated rings. The Bertz CT molecular complexity index is 687. The summed E-state index contributed by atoms with van der Waals surface area (Å²) in [6, 6.07) is 5.20. The van der Waals surface area contributed by atoms with Crippen LogP contribution >= 0.6 is 0 Å². The highest BCUT2D eigenvalue weighted by Crippen LogP contribution is 2.42. The lowest BCUT2D eigenvalue weighted by atomic mass is 9.88.